The molecular formula is C21H15FN4O2. The summed E-state index contributed by atoms with van der Waals surface area (Å²) in [4.78, 5) is 24.7. The summed E-state index contributed by atoms with van der Waals surface area (Å²) in [5, 5.41) is 6.63. The average Bonchev–Trinajstić information content (AvgIpc) is 3.25. The summed E-state index contributed by atoms with van der Waals surface area (Å²) in [7, 11) is 0. The maximum absolute atomic E-state index is 14.2. The van der Waals surface area contributed by atoms with Crippen LogP contribution in [-0.2, 0) is 0 Å². The molecule has 7 heteroatoms. The van der Waals surface area contributed by atoms with Gasteiger partial charge in [-0.2, -0.15) is 9.78 Å². The highest BCUT2D eigenvalue weighted by atomic mass is 19.1. The van der Waals surface area contributed by atoms with Crippen LogP contribution in [0.3, 0.4) is 0 Å². The Morgan fingerprint density at radius 3 is 2.39 bits per heavy atom. The fourth-order valence-corrected chi connectivity index (χ4v) is 2.75. The number of rotatable bonds is 4. The molecule has 6 nitrogen and oxygen atoms in total. The first kappa shape index (κ1) is 17.4. The number of nitrogens with one attached hydrogen (secondary N) is 1. The molecule has 0 saturated heterocycles. The third-order valence-electron chi connectivity index (χ3n) is 4.13. The molecule has 0 saturated carbocycles. The van der Waals surface area contributed by atoms with Gasteiger partial charge in [0.25, 0.3) is 11.5 Å². The fraction of sp³-hybridized carbons (Fsp3) is 0. The number of carbonyl (C=O) groups excluding carboxylic acids is 1. The van der Waals surface area contributed by atoms with Crippen LogP contribution >= 0.6 is 0 Å². The first-order valence-corrected chi connectivity index (χ1v) is 8.52. The van der Waals surface area contributed by atoms with Crippen LogP contribution in [0.25, 0.3) is 11.4 Å². The van der Waals surface area contributed by atoms with E-state index in [9.17, 15) is 14.0 Å². The third kappa shape index (κ3) is 3.45. The summed E-state index contributed by atoms with van der Waals surface area (Å²) in [6.45, 7) is 0. The van der Waals surface area contributed by atoms with Crippen LogP contribution in [0.5, 0.6) is 0 Å². The Kier molecular flexibility index (Phi) is 4.55. The summed E-state index contributed by atoms with van der Waals surface area (Å²) >= 11 is 0. The van der Waals surface area contributed by atoms with E-state index in [1.807, 2.05) is 30.6 Å². The van der Waals surface area contributed by atoms with Gasteiger partial charge in [0.1, 0.15) is 11.5 Å². The average molecular weight is 374 g/mol. The van der Waals surface area contributed by atoms with Gasteiger partial charge in [-0.1, -0.05) is 18.2 Å². The number of nitrogens with zero attached hydrogens (tertiary/aromatic N) is 3. The molecule has 1 amide bonds. The highest BCUT2D eigenvalue weighted by Crippen LogP contribution is 2.20. The molecule has 0 fully saturated rings. The minimum atomic E-state index is -0.617. The van der Waals surface area contributed by atoms with Crippen LogP contribution in [0.15, 0.2) is 90.0 Å². The zero-order valence-corrected chi connectivity index (χ0v) is 14.6. The van der Waals surface area contributed by atoms with Crippen molar-refractivity contribution in [3.8, 4) is 11.4 Å². The van der Waals surface area contributed by atoms with Crippen molar-refractivity contribution in [2.75, 3.05) is 5.32 Å². The SMILES string of the molecule is O=C(Nc1cc(-n2cccc2)ccc1F)c1ccc(=O)n(-c2ccccc2)n1. The van der Waals surface area contributed by atoms with Gasteiger partial charge in [0, 0.05) is 24.1 Å². The van der Waals surface area contributed by atoms with E-state index in [-0.39, 0.29) is 16.9 Å². The molecule has 4 rings (SSSR count). The molecule has 28 heavy (non-hydrogen) atoms. The number of hydrogen-bond acceptors (Lipinski definition) is 3. The molecule has 2 aromatic carbocycles. The van der Waals surface area contributed by atoms with E-state index in [0.717, 1.165) is 4.68 Å². The summed E-state index contributed by atoms with van der Waals surface area (Å²) in [5.74, 6) is -1.19. The standard InChI is InChI=1S/C21H15FN4O2/c22-17-9-8-16(25-12-4-5-13-25)14-19(17)23-21(28)18-10-11-20(27)26(24-18)15-6-2-1-3-7-15/h1-14H,(H,23,28). The predicted octanol–water partition coefficient (Wildman–Crippen LogP) is 3.41. The van der Waals surface area contributed by atoms with Crippen LogP contribution in [0.2, 0.25) is 0 Å². The first-order valence-electron chi connectivity index (χ1n) is 8.52. The van der Waals surface area contributed by atoms with Crippen molar-refractivity contribution in [2.45, 2.75) is 0 Å². The maximum atomic E-state index is 14.2. The number of halogens is 1. The van der Waals surface area contributed by atoms with Crippen LogP contribution in [-0.4, -0.2) is 20.3 Å². The number of anilines is 1. The molecule has 0 atom stereocenters. The van der Waals surface area contributed by atoms with Crippen molar-refractivity contribution < 1.29 is 9.18 Å². The molecule has 0 radical (unpaired) electrons. The lowest BCUT2D eigenvalue weighted by Crippen LogP contribution is -2.25. The smallest absolute Gasteiger partial charge is 0.276 e. The van der Waals surface area contributed by atoms with Crippen molar-refractivity contribution in [3.05, 3.63) is 107 Å². The van der Waals surface area contributed by atoms with Crippen LogP contribution in [0, 0.1) is 5.82 Å². The maximum Gasteiger partial charge on any atom is 0.276 e. The van der Waals surface area contributed by atoms with Crippen LogP contribution in [0.4, 0.5) is 10.1 Å². The van der Waals surface area contributed by atoms with Gasteiger partial charge >= 0.3 is 0 Å². The van der Waals surface area contributed by atoms with Gasteiger partial charge in [-0.25, -0.2) is 4.39 Å². The van der Waals surface area contributed by atoms with Gasteiger partial charge in [-0.15, -0.1) is 0 Å². The van der Waals surface area contributed by atoms with E-state index in [1.165, 1.54) is 24.3 Å². The number of para-hydroxylation sites is 1. The molecule has 0 aliphatic rings. The molecule has 0 bridgehead atoms. The quantitative estimate of drug-likeness (QED) is 0.595. The van der Waals surface area contributed by atoms with E-state index >= 15 is 0 Å². The van der Waals surface area contributed by atoms with Crippen molar-refractivity contribution in [3.63, 3.8) is 0 Å². The Balaban J connectivity index is 1.65. The van der Waals surface area contributed by atoms with E-state index < -0.39 is 11.7 Å². The summed E-state index contributed by atoms with van der Waals surface area (Å²) in [6, 6.07) is 19.4. The molecule has 0 unspecified atom stereocenters. The second-order valence-electron chi connectivity index (χ2n) is 6.01. The minimum absolute atomic E-state index is 0.00535. The Morgan fingerprint density at radius 2 is 1.64 bits per heavy atom. The largest absolute Gasteiger partial charge is 0.324 e. The predicted molar refractivity (Wildman–Crippen MR) is 104 cm³/mol. The molecule has 2 aromatic heterocycles. The third-order valence-corrected chi connectivity index (χ3v) is 4.13. The van der Waals surface area contributed by atoms with Crippen LogP contribution in [0.1, 0.15) is 10.5 Å². The second kappa shape index (κ2) is 7.32. The molecule has 0 aliphatic heterocycles. The molecule has 2 heterocycles. The number of hydrogen-bond donors (Lipinski definition) is 1. The molecular weight excluding hydrogens is 359 g/mol. The van der Waals surface area contributed by atoms with Gasteiger partial charge in [-0.3, -0.25) is 9.59 Å². The number of aromatic nitrogens is 3. The molecule has 4 aromatic rings. The summed E-state index contributed by atoms with van der Waals surface area (Å²) in [6.07, 6.45) is 3.63. The zero-order chi connectivity index (χ0) is 19.5. The highest BCUT2D eigenvalue weighted by molar-refractivity contribution is 6.02. The van der Waals surface area contributed by atoms with Gasteiger partial charge in [0.05, 0.1) is 11.4 Å². The van der Waals surface area contributed by atoms with Crippen molar-refractivity contribution in [1.29, 1.82) is 0 Å². The summed E-state index contributed by atoms with van der Waals surface area (Å²) < 4.78 is 17.1. The molecule has 138 valence electrons. The number of benzene rings is 2. The van der Waals surface area contributed by atoms with E-state index in [2.05, 4.69) is 10.4 Å². The van der Waals surface area contributed by atoms with Crippen molar-refractivity contribution in [1.82, 2.24) is 14.3 Å². The lowest BCUT2D eigenvalue weighted by Gasteiger charge is -2.10. The first-order chi connectivity index (χ1) is 13.6. The van der Waals surface area contributed by atoms with Crippen molar-refractivity contribution >= 4 is 11.6 Å². The van der Waals surface area contributed by atoms with E-state index in [4.69, 9.17) is 0 Å². The number of amides is 1. The minimum Gasteiger partial charge on any atom is -0.324 e. The number of carbonyl (C=O) groups is 1. The Hall–Kier alpha value is -4.00. The topological polar surface area (TPSA) is 68.9 Å². The summed E-state index contributed by atoms with van der Waals surface area (Å²) in [5.41, 5.74) is 0.875. The van der Waals surface area contributed by atoms with E-state index in [1.54, 1.807) is 34.9 Å². The fourth-order valence-electron chi connectivity index (χ4n) is 2.75. The van der Waals surface area contributed by atoms with Crippen molar-refractivity contribution in [2.24, 2.45) is 0 Å². The lowest BCUT2D eigenvalue weighted by atomic mass is 10.2. The van der Waals surface area contributed by atoms with Gasteiger partial charge in [0.2, 0.25) is 0 Å². The molecule has 0 aliphatic carbocycles. The van der Waals surface area contributed by atoms with Gasteiger partial charge in [0.15, 0.2) is 0 Å². The molecule has 0 spiro atoms. The van der Waals surface area contributed by atoms with Crippen LogP contribution < -0.4 is 10.9 Å². The monoisotopic (exact) mass is 374 g/mol. The Morgan fingerprint density at radius 1 is 0.893 bits per heavy atom. The molecule has 1 N–H and O–H groups in total. The lowest BCUT2D eigenvalue weighted by molar-refractivity contribution is 0.102. The zero-order valence-electron chi connectivity index (χ0n) is 14.6. The van der Waals surface area contributed by atoms with E-state index in [0.29, 0.717) is 11.4 Å². The second-order valence-corrected chi connectivity index (χ2v) is 6.01. The normalized spacial score (nSPS) is 10.6. The highest BCUT2D eigenvalue weighted by Gasteiger charge is 2.14. The van der Waals surface area contributed by atoms with Gasteiger partial charge in [-0.05, 0) is 48.5 Å². The van der Waals surface area contributed by atoms with Gasteiger partial charge < -0.3 is 9.88 Å². The Labute approximate surface area is 159 Å². The Bertz CT molecular complexity index is 1180.